The Morgan fingerprint density at radius 2 is 2.36 bits per heavy atom. The number of aromatic carboxylic acids is 1. The van der Waals surface area contributed by atoms with Gasteiger partial charge in [-0.05, 0) is 0 Å². The van der Waals surface area contributed by atoms with Crippen LogP contribution in [0.4, 0.5) is 0 Å². The summed E-state index contributed by atoms with van der Waals surface area (Å²) in [5.41, 5.74) is 0.173. The van der Waals surface area contributed by atoms with E-state index in [2.05, 4.69) is 0 Å². The minimum atomic E-state index is -1.01. The number of rotatable bonds is 3. The van der Waals surface area contributed by atoms with Crippen molar-refractivity contribution in [1.29, 1.82) is 5.26 Å². The Bertz CT molecular complexity index is 398. The van der Waals surface area contributed by atoms with Crippen LogP contribution in [0.25, 0.3) is 0 Å². The molecular formula is C9H7NO3Se. The van der Waals surface area contributed by atoms with E-state index in [1.165, 1.54) is 13.2 Å². The van der Waals surface area contributed by atoms with E-state index in [1.54, 1.807) is 12.1 Å². The monoisotopic (exact) mass is 257 g/mol. The molecule has 0 aliphatic heterocycles. The van der Waals surface area contributed by atoms with Crippen LogP contribution in [0.3, 0.4) is 0 Å². The molecule has 0 saturated heterocycles. The first-order chi connectivity index (χ1) is 6.69. The second kappa shape index (κ2) is 4.66. The molecule has 0 amide bonds. The summed E-state index contributed by atoms with van der Waals surface area (Å²) < 4.78 is 5.48. The summed E-state index contributed by atoms with van der Waals surface area (Å²) in [6, 6.07) is 4.61. The predicted molar refractivity (Wildman–Crippen MR) is 51.0 cm³/mol. The molecule has 0 heterocycles. The number of hydrogen-bond donors (Lipinski definition) is 1. The van der Waals surface area contributed by atoms with Crippen LogP contribution in [-0.2, 0) is 0 Å². The zero-order chi connectivity index (χ0) is 10.6. The number of carboxylic acids is 1. The van der Waals surface area contributed by atoms with Gasteiger partial charge in [-0.2, -0.15) is 0 Å². The molecule has 0 aromatic heterocycles. The third-order valence-corrected chi connectivity index (χ3v) is 2.94. The number of carboxylic acid groups (broad SMARTS) is 1. The SMILES string of the molecule is COc1ccc(C(=O)O)c([Se]C#N)c1. The Morgan fingerprint density at radius 1 is 1.64 bits per heavy atom. The molecule has 1 aromatic carbocycles. The van der Waals surface area contributed by atoms with E-state index in [0.717, 1.165) is 0 Å². The van der Waals surface area contributed by atoms with E-state index >= 15 is 0 Å². The van der Waals surface area contributed by atoms with Gasteiger partial charge in [0.25, 0.3) is 0 Å². The molecule has 0 spiro atoms. The normalized spacial score (nSPS) is 9.14. The maximum absolute atomic E-state index is 10.8. The standard InChI is InChI=1S/C9H7NO3Se/c1-13-6-2-3-7(9(11)12)8(4-6)14-5-10/h2-4H,1H3,(H,11,12). The van der Waals surface area contributed by atoms with E-state index < -0.39 is 20.9 Å². The van der Waals surface area contributed by atoms with Crippen molar-refractivity contribution >= 4 is 25.4 Å². The summed E-state index contributed by atoms with van der Waals surface area (Å²) in [6.45, 7) is 0. The van der Waals surface area contributed by atoms with E-state index in [9.17, 15) is 4.79 Å². The molecule has 0 aliphatic rings. The Balaban J connectivity index is 3.18. The topological polar surface area (TPSA) is 70.3 Å². The number of ether oxygens (including phenoxy) is 1. The fraction of sp³-hybridized carbons (Fsp3) is 0.111. The number of hydrogen-bond acceptors (Lipinski definition) is 3. The summed E-state index contributed by atoms with van der Waals surface area (Å²) >= 11 is -0.484. The summed E-state index contributed by atoms with van der Waals surface area (Å²) in [6.07, 6.45) is 0. The van der Waals surface area contributed by atoms with Crippen molar-refractivity contribution in [2.75, 3.05) is 7.11 Å². The van der Waals surface area contributed by atoms with Crippen LogP contribution >= 0.6 is 0 Å². The van der Waals surface area contributed by atoms with Crippen molar-refractivity contribution < 1.29 is 14.6 Å². The molecule has 4 nitrogen and oxygen atoms in total. The van der Waals surface area contributed by atoms with Crippen LogP contribution in [0.2, 0.25) is 0 Å². The molecule has 0 fully saturated rings. The van der Waals surface area contributed by atoms with Crippen molar-refractivity contribution in [3.05, 3.63) is 23.8 Å². The molecular weight excluding hydrogens is 249 g/mol. The Morgan fingerprint density at radius 3 is 2.86 bits per heavy atom. The Labute approximate surface area is 87.3 Å². The summed E-state index contributed by atoms with van der Waals surface area (Å²) in [7, 11) is 1.50. The molecule has 0 aliphatic carbocycles. The zero-order valence-corrected chi connectivity index (χ0v) is 9.06. The van der Waals surface area contributed by atoms with Crippen LogP contribution in [0.1, 0.15) is 10.4 Å². The molecule has 1 N–H and O–H groups in total. The number of nitrogens with zero attached hydrogens (tertiary/aromatic N) is 1. The second-order valence-corrected chi connectivity index (χ2v) is 4.09. The van der Waals surface area contributed by atoms with Gasteiger partial charge < -0.3 is 0 Å². The number of methoxy groups -OCH3 is 1. The first kappa shape index (κ1) is 10.6. The summed E-state index contributed by atoms with van der Waals surface area (Å²) in [5, 5.41) is 17.3. The predicted octanol–water partition coefficient (Wildman–Crippen LogP) is 0.204. The van der Waals surface area contributed by atoms with Gasteiger partial charge in [0.2, 0.25) is 0 Å². The molecule has 1 aromatic rings. The van der Waals surface area contributed by atoms with Crippen LogP contribution in [-0.4, -0.2) is 33.1 Å². The molecule has 0 unspecified atom stereocenters. The zero-order valence-electron chi connectivity index (χ0n) is 7.35. The van der Waals surface area contributed by atoms with Gasteiger partial charge in [-0.25, -0.2) is 0 Å². The van der Waals surface area contributed by atoms with Gasteiger partial charge in [0.1, 0.15) is 0 Å². The van der Waals surface area contributed by atoms with Gasteiger partial charge in [-0.15, -0.1) is 0 Å². The number of carbonyl (C=O) groups is 1. The molecule has 0 radical (unpaired) electrons. The molecule has 0 atom stereocenters. The van der Waals surface area contributed by atoms with Crippen molar-refractivity contribution in [2.24, 2.45) is 0 Å². The molecule has 14 heavy (non-hydrogen) atoms. The van der Waals surface area contributed by atoms with Gasteiger partial charge in [-0.1, -0.05) is 0 Å². The average molecular weight is 256 g/mol. The van der Waals surface area contributed by atoms with Gasteiger partial charge in [0, 0.05) is 0 Å². The van der Waals surface area contributed by atoms with Gasteiger partial charge >= 0.3 is 86.9 Å². The summed E-state index contributed by atoms with van der Waals surface area (Å²) in [4.78, 5) is 12.7. The number of nitriles is 1. The molecule has 0 saturated carbocycles. The van der Waals surface area contributed by atoms with Crippen LogP contribution in [0, 0.1) is 10.2 Å². The second-order valence-electron chi connectivity index (χ2n) is 2.36. The Hall–Kier alpha value is -1.50. The first-order valence-electron chi connectivity index (χ1n) is 3.66. The van der Waals surface area contributed by atoms with Crippen molar-refractivity contribution in [2.45, 2.75) is 0 Å². The third-order valence-electron chi connectivity index (χ3n) is 1.57. The Kier molecular flexibility index (Phi) is 3.52. The summed E-state index contributed by atoms with van der Waals surface area (Å²) in [5.74, 6) is -0.443. The molecule has 5 heteroatoms. The van der Waals surface area contributed by atoms with E-state index in [1.807, 2.05) is 4.97 Å². The minimum absolute atomic E-state index is 0.173. The van der Waals surface area contributed by atoms with Crippen LogP contribution in [0.5, 0.6) is 5.75 Å². The van der Waals surface area contributed by atoms with Gasteiger partial charge in [0.05, 0.1) is 0 Å². The van der Waals surface area contributed by atoms with Gasteiger partial charge in [0.15, 0.2) is 0 Å². The van der Waals surface area contributed by atoms with Crippen molar-refractivity contribution in [1.82, 2.24) is 0 Å². The molecule has 0 bridgehead atoms. The van der Waals surface area contributed by atoms with Gasteiger partial charge in [-0.3, -0.25) is 0 Å². The number of benzene rings is 1. The fourth-order valence-electron chi connectivity index (χ4n) is 0.940. The first-order valence-corrected chi connectivity index (χ1v) is 5.37. The van der Waals surface area contributed by atoms with Crippen LogP contribution in [0.15, 0.2) is 18.2 Å². The van der Waals surface area contributed by atoms with E-state index in [-0.39, 0.29) is 5.56 Å². The average Bonchev–Trinajstić information content (AvgIpc) is 2.17. The molecule has 1 rings (SSSR count). The fourth-order valence-corrected chi connectivity index (χ4v) is 2.07. The molecule has 72 valence electrons. The van der Waals surface area contributed by atoms with Crippen molar-refractivity contribution in [3.8, 4) is 10.7 Å². The third kappa shape index (κ3) is 2.25. The van der Waals surface area contributed by atoms with E-state index in [0.29, 0.717) is 10.2 Å². The van der Waals surface area contributed by atoms with E-state index in [4.69, 9.17) is 15.1 Å². The maximum atomic E-state index is 10.8. The van der Waals surface area contributed by atoms with Crippen LogP contribution < -0.4 is 9.20 Å². The van der Waals surface area contributed by atoms with Crippen molar-refractivity contribution in [3.63, 3.8) is 0 Å². The quantitative estimate of drug-likeness (QED) is 0.784.